The third-order valence-corrected chi connectivity index (χ3v) is 3.44. The lowest BCUT2D eigenvalue weighted by Gasteiger charge is -2.17. The number of nitrogens with two attached hydrogens (primary N) is 1. The number of nitrogens with one attached hydrogen (secondary N) is 1. The van der Waals surface area contributed by atoms with Crippen molar-refractivity contribution in [3.05, 3.63) is 18.6 Å². The van der Waals surface area contributed by atoms with Crippen LogP contribution in [0.25, 0.3) is 11.0 Å². The molecule has 0 aromatic carbocycles. The highest BCUT2D eigenvalue weighted by atomic mass is 16.6. The van der Waals surface area contributed by atoms with Gasteiger partial charge in [0, 0.05) is 6.20 Å². The fraction of sp³-hybridized carbons (Fsp3) is 0.455. The minimum absolute atomic E-state index is 0.376. The van der Waals surface area contributed by atoms with Crippen LogP contribution in [0.4, 0.5) is 5.82 Å². The van der Waals surface area contributed by atoms with Crippen LogP contribution in [0.3, 0.4) is 0 Å². The van der Waals surface area contributed by atoms with Crippen LogP contribution in [0.15, 0.2) is 18.6 Å². The Morgan fingerprint density at radius 3 is 2.80 bits per heavy atom. The van der Waals surface area contributed by atoms with Gasteiger partial charge in [-0.25, -0.2) is 15.8 Å². The Bertz CT molecular complexity index is 618. The summed E-state index contributed by atoms with van der Waals surface area (Å²) in [6, 6.07) is 1.72. The van der Waals surface area contributed by atoms with Gasteiger partial charge in [0.1, 0.15) is 30.3 Å². The van der Waals surface area contributed by atoms with Gasteiger partial charge in [-0.1, -0.05) is 0 Å². The molecule has 2 aromatic rings. The smallest absolute Gasteiger partial charge is 0.164 e. The summed E-state index contributed by atoms with van der Waals surface area (Å²) in [5.41, 5.74) is 2.96. The number of hydrazine groups is 1. The molecular formula is C11H15N5O4. The fourth-order valence-corrected chi connectivity index (χ4v) is 2.40. The third kappa shape index (κ3) is 1.84. The molecular weight excluding hydrogens is 266 g/mol. The molecule has 9 nitrogen and oxygen atoms in total. The van der Waals surface area contributed by atoms with Crippen molar-refractivity contribution < 1.29 is 20.1 Å². The average molecular weight is 281 g/mol. The summed E-state index contributed by atoms with van der Waals surface area (Å²) in [7, 11) is 0. The Hall–Kier alpha value is -1.78. The van der Waals surface area contributed by atoms with Crippen LogP contribution in [0.1, 0.15) is 6.23 Å². The van der Waals surface area contributed by atoms with Gasteiger partial charge in [-0.05, 0) is 6.07 Å². The van der Waals surface area contributed by atoms with E-state index >= 15 is 0 Å². The Balaban J connectivity index is 2.03. The van der Waals surface area contributed by atoms with E-state index in [0.717, 1.165) is 0 Å². The molecule has 0 aliphatic carbocycles. The monoisotopic (exact) mass is 281 g/mol. The van der Waals surface area contributed by atoms with Crippen molar-refractivity contribution in [1.82, 2.24) is 14.5 Å². The number of hydrogen-bond donors (Lipinski definition) is 5. The van der Waals surface area contributed by atoms with Gasteiger partial charge in [-0.2, -0.15) is 0 Å². The van der Waals surface area contributed by atoms with Crippen LogP contribution in [-0.4, -0.2) is 54.8 Å². The zero-order valence-electron chi connectivity index (χ0n) is 10.4. The number of hydrogen-bond acceptors (Lipinski definition) is 8. The second-order valence-electron chi connectivity index (χ2n) is 4.56. The van der Waals surface area contributed by atoms with Crippen molar-refractivity contribution in [2.45, 2.75) is 24.5 Å². The molecule has 2 aromatic heterocycles. The van der Waals surface area contributed by atoms with Crippen molar-refractivity contribution in [3.8, 4) is 0 Å². The summed E-state index contributed by atoms with van der Waals surface area (Å²) in [6.45, 7) is -0.376. The van der Waals surface area contributed by atoms with Crippen molar-refractivity contribution in [1.29, 1.82) is 0 Å². The van der Waals surface area contributed by atoms with Gasteiger partial charge in [-0.3, -0.25) is 0 Å². The van der Waals surface area contributed by atoms with Crippen LogP contribution in [0, 0.1) is 0 Å². The quantitative estimate of drug-likeness (QED) is 0.332. The lowest BCUT2D eigenvalue weighted by atomic mass is 10.1. The molecule has 20 heavy (non-hydrogen) atoms. The maximum Gasteiger partial charge on any atom is 0.164 e. The number of ether oxygens (including phenoxy) is 1. The van der Waals surface area contributed by atoms with E-state index in [1.165, 1.54) is 6.33 Å². The van der Waals surface area contributed by atoms with E-state index in [2.05, 4.69) is 15.4 Å². The Morgan fingerprint density at radius 2 is 2.15 bits per heavy atom. The van der Waals surface area contributed by atoms with Crippen molar-refractivity contribution >= 4 is 16.9 Å². The van der Waals surface area contributed by atoms with E-state index in [1.54, 1.807) is 16.8 Å². The highest BCUT2D eigenvalue weighted by Crippen LogP contribution is 2.32. The van der Waals surface area contributed by atoms with Crippen LogP contribution >= 0.6 is 0 Å². The number of aromatic nitrogens is 3. The Kier molecular flexibility index (Phi) is 3.28. The Labute approximate surface area is 113 Å². The number of nitrogens with zero attached hydrogens (tertiary/aromatic N) is 3. The molecule has 3 rings (SSSR count). The first-order valence-electron chi connectivity index (χ1n) is 6.08. The number of anilines is 1. The second-order valence-corrected chi connectivity index (χ2v) is 4.56. The summed E-state index contributed by atoms with van der Waals surface area (Å²) in [5, 5.41) is 29.6. The number of rotatable bonds is 3. The zero-order chi connectivity index (χ0) is 14.3. The number of fused-ring (bicyclic) bond motifs is 1. The SMILES string of the molecule is NNc1ncnc2c1ccn2[C@H]1O[C@@H](CO)[C@@H](O)[C@@H]1O. The maximum atomic E-state index is 10.0. The molecule has 1 aliphatic rings. The second kappa shape index (κ2) is 4.96. The number of nitrogen functional groups attached to an aromatic ring is 1. The summed E-state index contributed by atoms with van der Waals surface area (Å²) >= 11 is 0. The molecule has 0 amide bonds. The predicted octanol–water partition coefficient (Wildman–Crippen LogP) is -1.67. The van der Waals surface area contributed by atoms with Crippen LogP contribution < -0.4 is 11.3 Å². The van der Waals surface area contributed by atoms with Crippen LogP contribution in [0.2, 0.25) is 0 Å². The van der Waals surface area contributed by atoms with E-state index in [9.17, 15) is 10.2 Å². The molecule has 1 fully saturated rings. The highest BCUT2D eigenvalue weighted by molar-refractivity contribution is 5.87. The molecule has 0 unspecified atom stereocenters. The molecule has 4 atom stereocenters. The molecule has 1 aliphatic heterocycles. The van der Waals surface area contributed by atoms with E-state index in [-0.39, 0.29) is 6.61 Å². The van der Waals surface area contributed by atoms with E-state index in [0.29, 0.717) is 16.9 Å². The number of aliphatic hydroxyl groups is 3. The third-order valence-electron chi connectivity index (χ3n) is 3.44. The van der Waals surface area contributed by atoms with Gasteiger partial charge in [0.25, 0.3) is 0 Å². The van der Waals surface area contributed by atoms with Gasteiger partial charge in [0.2, 0.25) is 0 Å². The van der Waals surface area contributed by atoms with Crippen molar-refractivity contribution in [2.24, 2.45) is 5.84 Å². The van der Waals surface area contributed by atoms with Crippen LogP contribution in [0.5, 0.6) is 0 Å². The van der Waals surface area contributed by atoms with Crippen molar-refractivity contribution in [2.75, 3.05) is 12.0 Å². The summed E-state index contributed by atoms with van der Waals surface area (Å²) in [5.74, 6) is 5.81. The minimum atomic E-state index is -1.16. The van der Waals surface area contributed by atoms with Gasteiger partial charge < -0.3 is 30.0 Å². The molecule has 0 saturated carbocycles. The summed E-state index contributed by atoms with van der Waals surface area (Å²) < 4.78 is 7.03. The van der Waals surface area contributed by atoms with Crippen molar-refractivity contribution in [3.63, 3.8) is 0 Å². The molecule has 0 radical (unpaired) electrons. The van der Waals surface area contributed by atoms with E-state index < -0.39 is 24.5 Å². The topological polar surface area (TPSA) is 139 Å². The minimum Gasteiger partial charge on any atom is -0.394 e. The molecule has 6 N–H and O–H groups in total. The first kappa shape index (κ1) is 13.2. The number of aliphatic hydroxyl groups excluding tert-OH is 3. The zero-order valence-corrected chi connectivity index (χ0v) is 10.4. The molecule has 0 spiro atoms. The standard InChI is InChI=1S/C11H15N5O4/c12-15-9-5-1-2-16(10(5)14-4-13-9)11-8(19)7(18)6(3-17)20-11/h1-2,4,6-8,11,17-19H,3,12H2,(H,13,14,15)/t6-,7+,8-,11-/m0/s1. The first-order chi connectivity index (χ1) is 9.67. The largest absolute Gasteiger partial charge is 0.394 e. The average Bonchev–Trinajstić information content (AvgIpc) is 3.01. The lowest BCUT2D eigenvalue weighted by molar-refractivity contribution is -0.0508. The van der Waals surface area contributed by atoms with Gasteiger partial charge in [-0.15, -0.1) is 0 Å². The van der Waals surface area contributed by atoms with E-state index in [4.69, 9.17) is 15.7 Å². The lowest BCUT2D eigenvalue weighted by Crippen LogP contribution is -2.33. The molecule has 1 saturated heterocycles. The molecule has 108 valence electrons. The molecule has 3 heterocycles. The van der Waals surface area contributed by atoms with Gasteiger partial charge >= 0.3 is 0 Å². The first-order valence-corrected chi connectivity index (χ1v) is 6.08. The summed E-state index contributed by atoms with van der Waals surface area (Å²) in [6.07, 6.45) is -1.000. The Morgan fingerprint density at radius 1 is 1.35 bits per heavy atom. The fourth-order valence-electron chi connectivity index (χ4n) is 2.40. The highest BCUT2D eigenvalue weighted by Gasteiger charge is 2.43. The molecule has 9 heteroatoms. The van der Waals surface area contributed by atoms with Crippen LogP contribution in [-0.2, 0) is 4.74 Å². The normalized spacial score (nSPS) is 30.0. The summed E-state index contributed by atoms with van der Waals surface area (Å²) in [4.78, 5) is 8.10. The maximum absolute atomic E-state index is 10.0. The van der Waals surface area contributed by atoms with Gasteiger partial charge in [0.05, 0.1) is 12.0 Å². The van der Waals surface area contributed by atoms with Gasteiger partial charge in [0.15, 0.2) is 12.0 Å². The van der Waals surface area contributed by atoms with E-state index in [1.807, 2.05) is 0 Å². The predicted molar refractivity (Wildman–Crippen MR) is 68.3 cm³/mol. The molecule has 0 bridgehead atoms.